The first-order chi connectivity index (χ1) is 8.31. The minimum atomic E-state index is 0.638. The van der Waals surface area contributed by atoms with Gasteiger partial charge >= 0.3 is 0 Å². The number of nitrogens with zero attached hydrogens (tertiary/aromatic N) is 1. The molecular weight excluding hydrogens is 208 g/mol. The van der Waals surface area contributed by atoms with Crippen molar-refractivity contribution in [2.75, 3.05) is 6.54 Å². The van der Waals surface area contributed by atoms with Crippen LogP contribution >= 0.6 is 0 Å². The second-order valence-corrected chi connectivity index (χ2v) is 5.34. The van der Waals surface area contributed by atoms with Gasteiger partial charge in [-0.2, -0.15) is 0 Å². The molecule has 2 heteroatoms. The molecule has 0 bridgehead atoms. The molecule has 1 aromatic heterocycles. The van der Waals surface area contributed by atoms with Crippen LogP contribution in [0.3, 0.4) is 0 Å². The Morgan fingerprint density at radius 3 is 2.65 bits per heavy atom. The first-order valence-corrected chi connectivity index (χ1v) is 6.94. The fourth-order valence-corrected chi connectivity index (χ4v) is 2.50. The van der Waals surface area contributed by atoms with Crippen molar-refractivity contribution in [1.29, 1.82) is 0 Å². The molecule has 0 amide bonds. The van der Waals surface area contributed by atoms with Crippen molar-refractivity contribution in [2.45, 2.75) is 51.5 Å². The molecule has 0 aromatic carbocycles. The van der Waals surface area contributed by atoms with Gasteiger partial charge in [0, 0.05) is 25.0 Å². The Hall–Kier alpha value is -0.890. The van der Waals surface area contributed by atoms with Gasteiger partial charge in [0.15, 0.2) is 0 Å². The number of pyridine rings is 1. The second kappa shape index (κ2) is 6.15. The summed E-state index contributed by atoms with van der Waals surface area (Å²) in [7, 11) is 0. The predicted octanol–water partition coefficient (Wildman–Crippen LogP) is 3.35. The summed E-state index contributed by atoms with van der Waals surface area (Å²) in [6.45, 7) is 5.77. The molecule has 1 aliphatic carbocycles. The minimum Gasteiger partial charge on any atom is -0.313 e. The number of nitrogens with one attached hydrogen (secondary N) is 1. The molecule has 94 valence electrons. The van der Waals surface area contributed by atoms with Gasteiger partial charge in [-0.25, -0.2) is 0 Å². The van der Waals surface area contributed by atoms with E-state index >= 15 is 0 Å². The first kappa shape index (κ1) is 12.6. The summed E-state index contributed by atoms with van der Waals surface area (Å²) in [5, 5.41) is 3.67. The molecule has 0 spiro atoms. The van der Waals surface area contributed by atoms with Gasteiger partial charge in [-0.1, -0.05) is 26.7 Å². The molecule has 17 heavy (non-hydrogen) atoms. The van der Waals surface area contributed by atoms with Gasteiger partial charge in [0.25, 0.3) is 0 Å². The fraction of sp³-hybridized carbons (Fsp3) is 0.667. The monoisotopic (exact) mass is 232 g/mol. The Morgan fingerprint density at radius 2 is 2.06 bits per heavy atom. The number of hydrogen-bond donors (Lipinski definition) is 1. The molecule has 2 nitrogen and oxygen atoms in total. The highest BCUT2D eigenvalue weighted by Crippen LogP contribution is 2.28. The van der Waals surface area contributed by atoms with Crippen LogP contribution < -0.4 is 5.32 Å². The number of rotatable bonds is 7. The lowest BCUT2D eigenvalue weighted by Crippen LogP contribution is -2.27. The standard InChI is InChI=1S/C15H24N2/c1-3-4-12(2)15(11-17-14-5-6-14)13-7-9-16-10-8-13/h7-10,12,14-15,17H,3-6,11H2,1-2H3. The van der Waals surface area contributed by atoms with Crippen molar-refractivity contribution in [1.82, 2.24) is 10.3 Å². The molecule has 2 unspecified atom stereocenters. The number of hydrogen-bond acceptors (Lipinski definition) is 2. The van der Waals surface area contributed by atoms with Crippen LogP contribution in [0.25, 0.3) is 0 Å². The van der Waals surface area contributed by atoms with Gasteiger partial charge in [-0.05, 0) is 42.4 Å². The predicted molar refractivity (Wildman–Crippen MR) is 72.1 cm³/mol. The third-order valence-corrected chi connectivity index (χ3v) is 3.77. The van der Waals surface area contributed by atoms with Crippen LogP contribution in [0.1, 0.15) is 51.0 Å². The molecule has 0 aliphatic heterocycles. The van der Waals surface area contributed by atoms with Crippen molar-refractivity contribution < 1.29 is 0 Å². The van der Waals surface area contributed by atoms with E-state index in [4.69, 9.17) is 0 Å². The largest absolute Gasteiger partial charge is 0.313 e. The van der Waals surface area contributed by atoms with Crippen LogP contribution in [-0.4, -0.2) is 17.6 Å². The minimum absolute atomic E-state index is 0.638. The van der Waals surface area contributed by atoms with Crippen molar-refractivity contribution >= 4 is 0 Å². The van der Waals surface area contributed by atoms with Gasteiger partial charge in [0.2, 0.25) is 0 Å². The summed E-state index contributed by atoms with van der Waals surface area (Å²) in [5.41, 5.74) is 1.44. The van der Waals surface area contributed by atoms with Crippen LogP contribution in [0, 0.1) is 5.92 Å². The van der Waals surface area contributed by atoms with Crippen LogP contribution in [-0.2, 0) is 0 Å². The Bertz CT molecular complexity index is 319. The van der Waals surface area contributed by atoms with E-state index in [9.17, 15) is 0 Å². The average Bonchev–Trinajstić information content (AvgIpc) is 3.15. The van der Waals surface area contributed by atoms with Crippen LogP contribution in [0.2, 0.25) is 0 Å². The van der Waals surface area contributed by atoms with E-state index in [0.29, 0.717) is 5.92 Å². The summed E-state index contributed by atoms with van der Waals surface area (Å²) in [6.07, 6.45) is 9.14. The third kappa shape index (κ3) is 3.81. The summed E-state index contributed by atoms with van der Waals surface area (Å²) < 4.78 is 0. The molecule has 1 aromatic rings. The highest BCUT2D eigenvalue weighted by molar-refractivity contribution is 5.17. The Labute approximate surface area is 105 Å². The van der Waals surface area contributed by atoms with Crippen molar-refractivity contribution in [3.63, 3.8) is 0 Å². The maximum Gasteiger partial charge on any atom is 0.0270 e. The van der Waals surface area contributed by atoms with E-state index in [-0.39, 0.29) is 0 Å². The fourth-order valence-electron chi connectivity index (χ4n) is 2.50. The topological polar surface area (TPSA) is 24.9 Å². The summed E-state index contributed by atoms with van der Waals surface area (Å²) >= 11 is 0. The summed E-state index contributed by atoms with van der Waals surface area (Å²) in [5.74, 6) is 1.38. The zero-order valence-corrected chi connectivity index (χ0v) is 11.0. The Kier molecular flexibility index (Phi) is 4.55. The van der Waals surface area contributed by atoms with E-state index in [2.05, 4.69) is 36.3 Å². The molecule has 1 N–H and O–H groups in total. The maximum absolute atomic E-state index is 4.12. The molecule has 1 heterocycles. The summed E-state index contributed by atoms with van der Waals surface area (Å²) in [6, 6.07) is 5.14. The van der Waals surface area contributed by atoms with Crippen molar-refractivity contribution in [2.24, 2.45) is 5.92 Å². The van der Waals surface area contributed by atoms with Gasteiger partial charge in [0.05, 0.1) is 0 Å². The molecule has 1 fully saturated rings. The van der Waals surface area contributed by atoms with Gasteiger partial charge in [-0.15, -0.1) is 0 Å². The Balaban J connectivity index is 1.99. The zero-order valence-electron chi connectivity index (χ0n) is 11.0. The zero-order chi connectivity index (χ0) is 12.1. The van der Waals surface area contributed by atoms with Crippen molar-refractivity contribution in [3.05, 3.63) is 30.1 Å². The highest BCUT2D eigenvalue weighted by atomic mass is 14.9. The van der Waals surface area contributed by atoms with E-state index in [0.717, 1.165) is 18.5 Å². The quantitative estimate of drug-likeness (QED) is 0.780. The Morgan fingerprint density at radius 1 is 1.35 bits per heavy atom. The molecule has 1 saturated carbocycles. The van der Waals surface area contributed by atoms with Crippen molar-refractivity contribution in [3.8, 4) is 0 Å². The molecular formula is C15H24N2. The number of aromatic nitrogens is 1. The van der Waals surface area contributed by atoms with E-state index in [1.54, 1.807) is 0 Å². The van der Waals surface area contributed by atoms with E-state index in [1.165, 1.54) is 31.2 Å². The van der Waals surface area contributed by atoms with Crippen LogP contribution in [0.5, 0.6) is 0 Å². The highest BCUT2D eigenvalue weighted by Gasteiger charge is 2.24. The maximum atomic E-state index is 4.12. The van der Waals surface area contributed by atoms with E-state index < -0.39 is 0 Å². The van der Waals surface area contributed by atoms with Crippen LogP contribution in [0.15, 0.2) is 24.5 Å². The van der Waals surface area contributed by atoms with Gasteiger partial charge in [-0.3, -0.25) is 4.98 Å². The SMILES string of the molecule is CCCC(C)C(CNC1CC1)c1ccncc1. The molecule has 2 rings (SSSR count). The molecule has 1 aliphatic rings. The molecule has 0 saturated heterocycles. The van der Waals surface area contributed by atoms with Crippen LogP contribution in [0.4, 0.5) is 0 Å². The van der Waals surface area contributed by atoms with Gasteiger partial charge in [0.1, 0.15) is 0 Å². The van der Waals surface area contributed by atoms with Gasteiger partial charge < -0.3 is 5.32 Å². The normalized spacial score (nSPS) is 18.9. The lowest BCUT2D eigenvalue weighted by molar-refractivity contribution is 0.402. The first-order valence-electron chi connectivity index (χ1n) is 6.94. The average molecular weight is 232 g/mol. The third-order valence-electron chi connectivity index (χ3n) is 3.77. The second-order valence-electron chi connectivity index (χ2n) is 5.34. The molecule has 0 radical (unpaired) electrons. The molecule has 2 atom stereocenters. The lowest BCUT2D eigenvalue weighted by atomic mass is 9.85. The summed E-state index contributed by atoms with van der Waals surface area (Å²) in [4.78, 5) is 4.12. The lowest BCUT2D eigenvalue weighted by Gasteiger charge is -2.24. The smallest absolute Gasteiger partial charge is 0.0270 e. The van der Waals surface area contributed by atoms with E-state index in [1.807, 2.05) is 12.4 Å².